The Bertz CT molecular complexity index is 1040. The SMILES string of the molecule is Cc1cc(C2CCNC2=O)ncc1C(=O)N1CCN(c2ncc(C3CC3)cc2C)CC1.Cl.Cl. The number of piperazine rings is 1. The van der Waals surface area contributed by atoms with Crippen LogP contribution in [0, 0.1) is 13.8 Å². The van der Waals surface area contributed by atoms with E-state index in [0.717, 1.165) is 36.6 Å². The van der Waals surface area contributed by atoms with E-state index in [1.165, 1.54) is 24.0 Å². The maximum atomic E-state index is 13.1. The van der Waals surface area contributed by atoms with Crippen LogP contribution in [0.2, 0.25) is 0 Å². The van der Waals surface area contributed by atoms with Gasteiger partial charge in [-0.05, 0) is 61.8 Å². The van der Waals surface area contributed by atoms with E-state index in [2.05, 4.69) is 28.2 Å². The van der Waals surface area contributed by atoms with E-state index in [4.69, 9.17) is 4.98 Å². The lowest BCUT2D eigenvalue weighted by molar-refractivity contribution is -0.120. The average molecular weight is 492 g/mol. The van der Waals surface area contributed by atoms with Crippen LogP contribution in [0.25, 0.3) is 0 Å². The first-order chi connectivity index (χ1) is 15.0. The molecule has 0 aromatic carbocycles. The fourth-order valence-corrected chi connectivity index (χ4v) is 4.72. The molecule has 7 nitrogen and oxygen atoms in total. The number of hydrogen-bond donors (Lipinski definition) is 1. The third-order valence-electron chi connectivity index (χ3n) is 6.76. The summed E-state index contributed by atoms with van der Waals surface area (Å²) in [4.78, 5) is 38.4. The minimum absolute atomic E-state index is 0. The van der Waals surface area contributed by atoms with Gasteiger partial charge in [0, 0.05) is 45.1 Å². The van der Waals surface area contributed by atoms with E-state index in [1.54, 1.807) is 6.20 Å². The molecule has 178 valence electrons. The number of amides is 2. The molecule has 2 saturated heterocycles. The Morgan fingerprint density at radius 2 is 1.70 bits per heavy atom. The van der Waals surface area contributed by atoms with Crippen LogP contribution in [-0.4, -0.2) is 59.4 Å². The highest BCUT2D eigenvalue weighted by Crippen LogP contribution is 2.40. The largest absolute Gasteiger partial charge is 0.355 e. The number of carbonyl (C=O) groups is 2. The van der Waals surface area contributed by atoms with Crippen molar-refractivity contribution in [2.45, 2.75) is 44.9 Å². The van der Waals surface area contributed by atoms with Crippen LogP contribution in [0.5, 0.6) is 0 Å². The zero-order valence-electron chi connectivity index (χ0n) is 19.0. The van der Waals surface area contributed by atoms with E-state index in [1.807, 2.05) is 24.1 Å². The predicted molar refractivity (Wildman–Crippen MR) is 133 cm³/mol. The van der Waals surface area contributed by atoms with Gasteiger partial charge in [-0.2, -0.15) is 0 Å². The minimum atomic E-state index is -0.201. The summed E-state index contributed by atoms with van der Waals surface area (Å²) in [6.07, 6.45) is 7.00. The van der Waals surface area contributed by atoms with Crippen molar-refractivity contribution in [1.82, 2.24) is 20.2 Å². The Balaban J connectivity index is 0.00000153. The van der Waals surface area contributed by atoms with Gasteiger partial charge in [0.1, 0.15) is 5.82 Å². The second-order valence-electron chi connectivity index (χ2n) is 9.02. The van der Waals surface area contributed by atoms with Gasteiger partial charge in [0.25, 0.3) is 5.91 Å². The van der Waals surface area contributed by atoms with Crippen molar-refractivity contribution in [1.29, 1.82) is 0 Å². The normalized spacial score (nSPS) is 20.1. The molecule has 3 fully saturated rings. The molecular formula is C24H31Cl2N5O2. The van der Waals surface area contributed by atoms with Gasteiger partial charge >= 0.3 is 0 Å². The number of aromatic nitrogens is 2. The molecule has 3 aliphatic rings. The number of carbonyl (C=O) groups excluding carboxylic acids is 2. The molecule has 1 aliphatic carbocycles. The zero-order valence-corrected chi connectivity index (χ0v) is 20.7. The summed E-state index contributed by atoms with van der Waals surface area (Å²) in [5.41, 5.74) is 4.83. The molecule has 0 bridgehead atoms. The van der Waals surface area contributed by atoms with Crippen LogP contribution in [-0.2, 0) is 4.79 Å². The van der Waals surface area contributed by atoms with Gasteiger partial charge in [-0.3, -0.25) is 14.6 Å². The monoisotopic (exact) mass is 491 g/mol. The zero-order chi connectivity index (χ0) is 21.5. The first-order valence-electron chi connectivity index (χ1n) is 11.3. The second-order valence-corrected chi connectivity index (χ2v) is 9.02. The van der Waals surface area contributed by atoms with Crippen molar-refractivity contribution >= 4 is 42.4 Å². The molecule has 2 amide bonds. The van der Waals surface area contributed by atoms with Crippen LogP contribution in [0.1, 0.15) is 63.8 Å². The molecule has 9 heteroatoms. The molecule has 1 saturated carbocycles. The quantitative estimate of drug-likeness (QED) is 0.708. The third kappa shape index (κ3) is 5.09. The summed E-state index contributed by atoms with van der Waals surface area (Å²) in [6, 6.07) is 4.17. The summed E-state index contributed by atoms with van der Waals surface area (Å²) in [7, 11) is 0. The lowest BCUT2D eigenvalue weighted by Crippen LogP contribution is -2.49. The first-order valence-corrected chi connectivity index (χ1v) is 11.3. The molecule has 33 heavy (non-hydrogen) atoms. The maximum absolute atomic E-state index is 13.1. The van der Waals surface area contributed by atoms with Crippen LogP contribution in [0.4, 0.5) is 5.82 Å². The first kappa shape index (κ1) is 25.2. The third-order valence-corrected chi connectivity index (χ3v) is 6.76. The highest BCUT2D eigenvalue weighted by Gasteiger charge is 2.29. The standard InChI is InChI=1S/C24H29N5O2.2ClH/c1-15-12-21(19-5-6-25-23(19)30)26-14-20(15)24(31)29-9-7-28(8-10-29)22-16(2)11-18(13-27-22)17-3-4-17;;/h11-14,17,19H,3-10H2,1-2H3,(H,25,30);2*1H. The Morgan fingerprint density at radius 1 is 0.970 bits per heavy atom. The molecule has 2 aromatic rings. The van der Waals surface area contributed by atoms with Crippen molar-refractivity contribution in [2.24, 2.45) is 0 Å². The Labute approximate surface area is 207 Å². The van der Waals surface area contributed by atoms with E-state index in [9.17, 15) is 9.59 Å². The Kier molecular flexibility index (Phi) is 7.85. The van der Waals surface area contributed by atoms with E-state index in [0.29, 0.717) is 31.1 Å². The van der Waals surface area contributed by atoms with Crippen LogP contribution in [0.3, 0.4) is 0 Å². The van der Waals surface area contributed by atoms with Gasteiger partial charge in [0.15, 0.2) is 0 Å². The van der Waals surface area contributed by atoms with Crippen molar-refractivity contribution in [3.05, 3.63) is 52.5 Å². The predicted octanol–water partition coefficient (Wildman–Crippen LogP) is 3.38. The summed E-state index contributed by atoms with van der Waals surface area (Å²) in [5, 5.41) is 2.85. The number of pyridine rings is 2. The fraction of sp³-hybridized carbons (Fsp3) is 0.500. The Hall–Kier alpha value is -2.38. The van der Waals surface area contributed by atoms with Crippen LogP contribution < -0.4 is 10.2 Å². The molecule has 4 heterocycles. The lowest BCUT2D eigenvalue weighted by atomic mass is 10.00. The van der Waals surface area contributed by atoms with Crippen molar-refractivity contribution < 1.29 is 9.59 Å². The Morgan fingerprint density at radius 3 is 2.27 bits per heavy atom. The number of hydrogen-bond acceptors (Lipinski definition) is 5. The highest BCUT2D eigenvalue weighted by molar-refractivity contribution is 5.95. The molecule has 1 unspecified atom stereocenters. The van der Waals surface area contributed by atoms with E-state index in [-0.39, 0.29) is 42.5 Å². The van der Waals surface area contributed by atoms with Crippen molar-refractivity contribution in [3.8, 4) is 0 Å². The summed E-state index contributed by atoms with van der Waals surface area (Å²) in [5.74, 6) is 1.58. The smallest absolute Gasteiger partial charge is 0.255 e. The van der Waals surface area contributed by atoms with Gasteiger partial charge in [-0.15, -0.1) is 24.8 Å². The van der Waals surface area contributed by atoms with Crippen molar-refractivity contribution in [2.75, 3.05) is 37.6 Å². The second kappa shape index (κ2) is 10.3. The summed E-state index contributed by atoms with van der Waals surface area (Å²) < 4.78 is 0. The van der Waals surface area contributed by atoms with Gasteiger partial charge in [-0.1, -0.05) is 6.07 Å². The van der Waals surface area contributed by atoms with Crippen molar-refractivity contribution in [3.63, 3.8) is 0 Å². The number of nitrogens with zero attached hydrogens (tertiary/aromatic N) is 4. The minimum Gasteiger partial charge on any atom is -0.355 e. The summed E-state index contributed by atoms with van der Waals surface area (Å²) >= 11 is 0. The summed E-state index contributed by atoms with van der Waals surface area (Å²) in [6.45, 7) is 7.62. The lowest BCUT2D eigenvalue weighted by Gasteiger charge is -2.36. The molecule has 2 aliphatic heterocycles. The topological polar surface area (TPSA) is 78.4 Å². The van der Waals surface area contributed by atoms with E-state index >= 15 is 0 Å². The van der Waals surface area contributed by atoms with Crippen LogP contribution >= 0.6 is 24.8 Å². The molecule has 1 atom stereocenters. The van der Waals surface area contributed by atoms with Gasteiger partial charge in [0.2, 0.25) is 5.91 Å². The van der Waals surface area contributed by atoms with Gasteiger partial charge in [-0.25, -0.2) is 4.98 Å². The molecular weight excluding hydrogens is 461 g/mol. The van der Waals surface area contributed by atoms with Gasteiger partial charge < -0.3 is 15.1 Å². The fourth-order valence-electron chi connectivity index (χ4n) is 4.72. The van der Waals surface area contributed by atoms with Crippen LogP contribution in [0.15, 0.2) is 24.5 Å². The maximum Gasteiger partial charge on any atom is 0.255 e. The molecule has 5 rings (SSSR count). The highest BCUT2D eigenvalue weighted by atomic mass is 35.5. The van der Waals surface area contributed by atoms with Gasteiger partial charge in [0.05, 0.1) is 17.2 Å². The van der Waals surface area contributed by atoms with E-state index < -0.39 is 0 Å². The molecule has 0 spiro atoms. The number of aryl methyl sites for hydroxylation is 2. The number of nitrogens with one attached hydrogen (secondary N) is 1. The number of anilines is 1. The average Bonchev–Trinajstić information content (AvgIpc) is 3.54. The molecule has 1 N–H and O–H groups in total. The molecule has 2 aromatic heterocycles. The molecule has 0 radical (unpaired) electrons. The number of rotatable bonds is 4. The number of halogens is 2.